The molecule has 3 aromatic carbocycles. The number of aryl methyl sites for hydroxylation is 1. The van der Waals surface area contributed by atoms with Gasteiger partial charge in [0.2, 0.25) is 11.8 Å². The van der Waals surface area contributed by atoms with Crippen molar-refractivity contribution in [2.45, 2.75) is 107 Å². The van der Waals surface area contributed by atoms with E-state index in [1.807, 2.05) is 12.1 Å². The molecule has 4 aromatic rings. The van der Waals surface area contributed by atoms with Crippen LogP contribution in [0.5, 0.6) is 5.75 Å². The van der Waals surface area contributed by atoms with Crippen LogP contribution in [0.25, 0.3) is 22.2 Å². The first-order chi connectivity index (χ1) is 23.9. The van der Waals surface area contributed by atoms with E-state index in [-0.39, 0.29) is 5.92 Å². The maximum Gasteiger partial charge on any atom is 0.248 e. The fraction of sp³-hybridized carbons (Fsp3) is 0.476. The molecule has 5 unspecified atom stereocenters. The molecule has 1 aromatic heterocycles. The van der Waals surface area contributed by atoms with E-state index in [0.29, 0.717) is 47.3 Å². The third kappa shape index (κ3) is 4.79. The Labute approximate surface area is 289 Å². The molecule has 2 amide bonds. The third-order valence-electron chi connectivity index (χ3n) is 13.2. The lowest BCUT2D eigenvalue weighted by atomic mass is 9.63. The molecular formula is C42H48N4O3. The molecule has 1 spiro atoms. The van der Waals surface area contributed by atoms with Gasteiger partial charge in [-0.25, -0.2) is 0 Å². The highest BCUT2D eigenvalue weighted by Gasteiger charge is 2.83. The van der Waals surface area contributed by atoms with Crippen molar-refractivity contribution in [3.05, 3.63) is 89.0 Å². The van der Waals surface area contributed by atoms with Crippen LogP contribution in [-0.2, 0) is 17.9 Å². The number of benzene rings is 3. The summed E-state index contributed by atoms with van der Waals surface area (Å²) in [6.07, 6.45) is 10.8. The van der Waals surface area contributed by atoms with Crippen LogP contribution >= 0.6 is 0 Å². The Hall–Kier alpha value is -4.10. The molecular weight excluding hydrogens is 608 g/mol. The SMILES string of the molecule is COc1ccc2c(c1)C(CCC(=O)N1C3CC(N(C)Cc4ccccc4)C34CC14)CCn1c-2c(C2CCCCC2)c2ccc(C(N)=O)cc21. The first-order valence-electron chi connectivity index (χ1n) is 18.6. The first kappa shape index (κ1) is 30.9. The van der Waals surface area contributed by atoms with Crippen LogP contribution in [0, 0.1) is 5.41 Å². The van der Waals surface area contributed by atoms with Crippen molar-refractivity contribution in [2.75, 3.05) is 14.2 Å². The van der Waals surface area contributed by atoms with Crippen LogP contribution in [0.4, 0.5) is 0 Å². The molecule has 5 aliphatic rings. The number of amides is 2. The van der Waals surface area contributed by atoms with E-state index in [4.69, 9.17) is 10.5 Å². The molecule has 3 aliphatic carbocycles. The summed E-state index contributed by atoms with van der Waals surface area (Å²) in [4.78, 5) is 31.0. The summed E-state index contributed by atoms with van der Waals surface area (Å²) in [5.41, 5.74) is 14.4. The minimum Gasteiger partial charge on any atom is -0.497 e. The van der Waals surface area contributed by atoms with Crippen molar-refractivity contribution in [3.8, 4) is 17.0 Å². The highest BCUT2D eigenvalue weighted by atomic mass is 16.5. The quantitative estimate of drug-likeness (QED) is 0.201. The number of ether oxygens (including phenoxy) is 1. The van der Waals surface area contributed by atoms with Crippen molar-refractivity contribution in [1.82, 2.24) is 14.4 Å². The van der Waals surface area contributed by atoms with Gasteiger partial charge in [-0.05, 0) is 104 Å². The predicted molar refractivity (Wildman–Crippen MR) is 193 cm³/mol. The molecule has 9 rings (SSSR count). The molecule has 7 heteroatoms. The number of aromatic nitrogens is 1. The molecule has 0 radical (unpaired) electrons. The molecule has 5 atom stereocenters. The summed E-state index contributed by atoms with van der Waals surface area (Å²) in [6.45, 7) is 1.81. The summed E-state index contributed by atoms with van der Waals surface area (Å²) >= 11 is 0. The van der Waals surface area contributed by atoms with Gasteiger partial charge in [-0.2, -0.15) is 0 Å². The molecule has 2 aliphatic heterocycles. The lowest BCUT2D eigenvalue weighted by molar-refractivity contribution is -0.167. The number of carbonyl (C=O) groups is 2. The van der Waals surface area contributed by atoms with Crippen molar-refractivity contribution >= 4 is 22.7 Å². The van der Waals surface area contributed by atoms with E-state index in [0.717, 1.165) is 50.0 Å². The zero-order valence-electron chi connectivity index (χ0n) is 28.9. The summed E-state index contributed by atoms with van der Waals surface area (Å²) in [7, 11) is 4.00. The van der Waals surface area contributed by atoms with E-state index >= 15 is 0 Å². The molecule has 3 saturated carbocycles. The maximum atomic E-state index is 13.9. The van der Waals surface area contributed by atoms with Gasteiger partial charge >= 0.3 is 0 Å². The lowest BCUT2D eigenvalue weighted by Gasteiger charge is -2.62. The van der Waals surface area contributed by atoms with Crippen molar-refractivity contribution in [2.24, 2.45) is 11.1 Å². The zero-order valence-corrected chi connectivity index (χ0v) is 28.9. The van der Waals surface area contributed by atoms with E-state index < -0.39 is 5.91 Å². The smallest absolute Gasteiger partial charge is 0.248 e. The summed E-state index contributed by atoms with van der Waals surface area (Å²) < 4.78 is 8.24. The number of fused-ring (bicyclic) bond motifs is 5. The van der Waals surface area contributed by atoms with Gasteiger partial charge in [0.05, 0.1) is 12.8 Å². The van der Waals surface area contributed by atoms with Gasteiger partial charge in [0, 0.05) is 65.1 Å². The zero-order chi connectivity index (χ0) is 33.4. The average Bonchev–Trinajstić information content (AvgIpc) is 3.80. The predicted octanol–water partition coefficient (Wildman–Crippen LogP) is 7.60. The Morgan fingerprint density at radius 1 is 0.980 bits per heavy atom. The molecule has 3 heterocycles. The number of rotatable bonds is 9. The van der Waals surface area contributed by atoms with Crippen molar-refractivity contribution in [1.29, 1.82) is 0 Å². The van der Waals surface area contributed by atoms with Crippen LogP contribution in [0.1, 0.15) is 103 Å². The number of hydrogen-bond donors (Lipinski definition) is 1. The number of likely N-dealkylation sites (tertiary alicyclic amines) is 1. The molecule has 7 nitrogen and oxygen atoms in total. The monoisotopic (exact) mass is 656 g/mol. The third-order valence-corrected chi connectivity index (χ3v) is 13.2. The van der Waals surface area contributed by atoms with E-state index in [9.17, 15) is 9.59 Å². The van der Waals surface area contributed by atoms with E-state index in [2.05, 4.69) is 76.0 Å². The van der Waals surface area contributed by atoms with Crippen molar-refractivity contribution < 1.29 is 14.3 Å². The number of nitrogens with zero attached hydrogens (tertiary/aromatic N) is 3. The minimum atomic E-state index is -0.391. The Morgan fingerprint density at radius 2 is 1.80 bits per heavy atom. The number of carbonyl (C=O) groups excluding carboxylic acids is 2. The topological polar surface area (TPSA) is 80.8 Å². The number of primary amides is 1. The fourth-order valence-corrected chi connectivity index (χ4v) is 10.7. The average molecular weight is 657 g/mol. The molecule has 1 saturated heterocycles. The maximum absolute atomic E-state index is 13.9. The van der Waals surface area contributed by atoms with Crippen LogP contribution < -0.4 is 10.5 Å². The van der Waals surface area contributed by atoms with Gasteiger partial charge in [0.15, 0.2) is 0 Å². The van der Waals surface area contributed by atoms with Crippen molar-refractivity contribution in [3.63, 3.8) is 0 Å². The Morgan fingerprint density at radius 3 is 2.55 bits per heavy atom. The van der Waals surface area contributed by atoms with Crippen LogP contribution in [-0.4, -0.2) is 58.5 Å². The highest BCUT2D eigenvalue weighted by Crippen LogP contribution is 2.74. The van der Waals surface area contributed by atoms with Gasteiger partial charge in [0.25, 0.3) is 0 Å². The van der Waals surface area contributed by atoms with Gasteiger partial charge < -0.3 is 19.9 Å². The first-order valence-corrected chi connectivity index (χ1v) is 18.6. The van der Waals surface area contributed by atoms with Crippen LogP contribution in [0.15, 0.2) is 66.7 Å². The van der Waals surface area contributed by atoms with Crippen LogP contribution in [0.3, 0.4) is 0 Å². The van der Waals surface area contributed by atoms with E-state index in [1.54, 1.807) is 7.11 Å². The number of piperidine rings is 1. The standard InChI is InChI=1S/C42H48N4O3/c1-44(25-26-9-5-3-6-10-26)35-23-36-42(35)24-37(42)46(36)38(47)18-14-27-19-20-45-34-21-29(41(43)48)13-16-32(34)39(28-11-7-4-8-12-28)40(45)31-17-15-30(49-2)22-33(27)31/h3,5-6,9-10,13,15-17,21-22,27-28,35-37H,4,7-8,11-12,14,18-20,23-25H2,1-2H3,(H2,43,48). The van der Waals surface area contributed by atoms with Gasteiger partial charge in [-0.1, -0.05) is 55.7 Å². The Bertz CT molecular complexity index is 1940. The number of hydrogen-bond acceptors (Lipinski definition) is 4. The number of methoxy groups -OCH3 is 1. The highest BCUT2D eigenvalue weighted by molar-refractivity contribution is 6.00. The second-order valence-electron chi connectivity index (χ2n) is 15.6. The summed E-state index contributed by atoms with van der Waals surface area (Å²) in [5.74, 6) is 1.53. The Kier molecular flexibility index (Phi) is 7.42. The summed E-state index contributed by atoms with van der Waals surface area (Å²) in [5, 5.41) is 1.25. The molecule has 254 valence electrons. The largest absolute Gasteiger partial charge is 0.497 e. The molecule has 0 bridgehead atoms. The second-order valence-corrected chi connectivity index (χ2v) is 15.6. The van der Waals surface area contributed by atoms with Gasteiger partial charge in [-0.15, -0.1) is 0 Å². The van der Waals surface area contributed by atoms with Crippen LogP contribution in [0.2, 0.25) is 0 Å². The normalized spacial score (nSPS) is 26.9. The molecule has 2 N–H and O–H groups in total. The minimum absolute atomic E-state index is 0.235. The second kappa shape index (κ2) is 11.8. The number of nitrogens with two attached hydrogens (primary N) is 1. The summed E-state index contributed by atoms with van der Waals surface area (Å²) in [6, 6.07) is 24.7. The van der Waals surface area contributed by atoms with Gasteiger partial charge in [0.1, 0.15) is 5.75 Å². The lowest BCUT2D eigenvalue weighted by Crippen LogP contribution is -2.73. The fourth-order valence-electron chi connectivity index (χ4n) is 10.7. The van der Waals surface area contributed by atoms with E-state index in [1.165, 1.54) is 65.4 Å². The van der Waals surface area contributed by atoms with Gasteiger partial charge in [-0.3, -0.25) is 14.5 Å². The Balaban J connectivity index is 0.975. The molecule has 49 heavy (non-hydrogen) atoms. The molecule has 4 fully saturated rings.